The molecule has 1 heterocycles. The van der Waals surface area contributed by atoms with Crippen LogP contribution in [0.25, 0.3) is 0 Å². The standard InChI is InChI=1S/C8H14N4/c1-4-7(2)10-11-8-5-6-9-12(8)3/h5-6,11H,4H2,1-3H3/b10-7+. The minimum absolute atomic E-state index is 0.905. The molecule has 0 fully saturated rings. The fraction of sp³-hybridized carbons (Fsp3) is 0.500. The number of aryl methyl sites for hydroxylation is 1. The zero-order valence-corrected chi connectivity index (χ0v) is 7.70. The number of rotatable bonds is 3. The number of aromatic nitrogens is 2. The lowest BCUT2D eigenvalue weighted by Gasteiger charge is -2.00. The highest BCUT2D eigenvalue weighted by molar-refractivity contribution is 5.82. The molecule has 4 nitrogen and oxygen atoms in total. The molecule has 0 atom stereocenters. The van der Waals surface area contributed by atoms with Crippen LogP contribution in [0, 0.1) is 0 Å². The van der Waals surface area contributed by atoms with Gasteiger partial charge < -0.3 is 0 Å². The zero-order valence-electron chi connectivity index (χ0n) is 7.70. The van der Waals surface area contributed by atoms with Gasteiger partial charge in [0.2, 0.25) is 0 Å². The summed E-state index contributed by atoms with van der Waals surface area (Å²) in [5.74, 6) is 0.905. The van der Waals surface area contributed by atoms with Crippen molar-refractivity contribution in [3.63, 3.8) is 0 Å². The van der Waals surface area contributed by atoms with Gasteiger partial charge in [-0.1, -0.05) is 6.92 Å². The van der Waals surface area contributed by atoms with E-state index in [0.29, 0.717) is 0 Å². The van der Waals surface area contributed by atoms with Gasteiger partial charge in [0.05, 0.1) is 6.20 Å². The van der Waals surface area contributed by atoms with E-state index in [1.165, 1.54) is 0 Å². The third-order valence-electron chi connectivity index (χ3n) is 1.69. The largest absolute Gasteiger partial charge is 0.262 e. The Morgan fingerprint density at radius 2 is 2.50 bits per heavy atom. The zero-order chi connectivity index (χ0) is 8.97. The molecule has 0 radical (unpaired) electrons. The minimum Gasteiger partial charge on any atom is -0.262 e. The fourth-order valence-electron chi connectivity index (χ4n) is 0.715. The highest BCUT2D eigenvalue weighted by atomic mass is 15.4. The Kier molecular flexibility index (Phi) is 2.85. The number of hydrogen-bond acceptors (Lipinski definition) is 3. The van der Waals surface area contributed by atoms with Gasteiger partial charge in [-0.25, -0.2) is 0 Å². The molecule has 66 valence electrons. The van der Waals surface area contributed by atoms with Crippen LogP contribution in [0.1, 0.15) is 20.3 Å². The van der Waals surface area contributed by atoms with E-state index in [9.17, 15) is 0 Å². The molecule has 4 heteroatoms. The Labute approximate surface area is 72.3 Å². The fourth-order valence-corrected chi connectivity index (χ4v) is 0.715. The number of hydrazone groups is 1. The third kappa shape index (κ3) is 2.08. The third-order valence-corrected chi connectivity index (χ3v) is 1.69. The SMILES string of the molecule is CC/C(C)=N/Nc1ccnn1C. The summed E-state index contributed by atoms with van der Waals surface area (Å²) >= 11 is 0. The lowest BCUT2D eigenvalue weighted by Crippen LogP contribution is -2.01. The van der Waals surface area contributed by atoms with E-state index < -0.39 is 0 Å². The van der Waals surface area contributed by atoms with Crippen LogP contribution in [-0.2, 0) is 7.05 Å². The summed E-state index contributed by atoms with van der Waals surface area (Å²) in [6.07, 6.45) is 2.70. The van der Waals surface area contributed by atoms with Gasteiger partial charge in [0, 0.05) is 18.8 Å². The molecule has 1 N–H and O–H groups in total. The molecule has 0 saturated heterocycles. The summed E-state index contributed by atoms with van der Waals surface area (Å²) in [5, 5.41) is 8.16. The summed E-state index contributed by atoms with van der Waals surface area (Å²) in [4.78, 5) is 0. The monoisotopic (exact) mass is 166 g/mol. The number of nitrogens with zero attached hydrogens (tertiary/aromatic N) is 3. The van der Waals surface area contributed by atoms with Gasteiger partial charge in [-0.2, -0.15) is 10.2 Å². The molecule has 12 heavy (non-hydrogen) atoms. The maximum atomic E-state index is 4.15. The van der Waals surface area contributed by atoms with Crippen molar-refractivity contribution in [2.45, 2.75) is 20.3 Å². The molecular formula is C8H14N4. The van der Waals surface area contributed by atoms with E-state index in [2.05, 4.69) is 22.5 Å². The Morgan fingerprint density at radius 3 is 3.00 bits per heavy atom. The van der Waals surface area contributed by atoms with Crippen molar-refractivity contribution in [3.8, 4) is 0 Å². The smallest absolute Gasteiger partial charge is 0.144 e. The Morgan fingerprint density at radius 1 is 1.75 bits per heavy atom. The van der Waals surface area contributed by atoms with E-state index in [0.717, 1.165) is 18.0 Å². The molecule has 0 aliphatic rings. The molecule has 1 rings (SSSR count). The predicted octanol–water partition coefficient (Wildman–Crippen LogP) is 1.62. The van der Waals surface area contributed by atoms with Crippen molar-refractivity contribution >= 4 is 11.5 Å². The van der Waals surface area contributed by atoms with Crippen LogP contribution in [0.2, 0.25) is 0 Å². The average Bonchev–Trinajstić information content (AvgIpc) is 2.47. The highest BCUT2D eigenvalue weighted by Gasteiger charge is 1.93. The van der Waals surface area contributed by atoms with E-state index >= 15 is 0 Å². The van der Waals surface area contributed by atoms with Crippen molar-refractivity contribution in [2.24, 2.45) is 12.1 Å². The van der Waals surface area contributed by atoms with Crippen LogP contribution in [0.5, 0.6) is 0 Å². The van der Waals surface area contributed by atoms with Crippen LogP contribution in [0.3, 0.4) is 0 Å². The van der Waals surface area contributed by atoms with E-state index in [4.69, 9.17) is 0 Å². The topological polar surface area (TPSA) is 42.2 Å². The molecule has 0 amide bonds. The molecule has 0 unspecified atom stereocenters. The molecule has 0 aliphatic carbocycles. The first-order chi connectivity index (χ1) is 5.74. The normalized spacial score (nSPS) is 11.8. The van der Waals surface area contributed by atoms with Crippen molar-refractivity contribution in [1.29, 1.82) is 0 Å². The van der Waals surface area contributed by atoms with E-state index in [1.807, 2.05) is 20.0 Å². The molecule has 1 aromatic rings. The predicted molar refractivity (Wildman–Crippen MR) is 50.2 cm³/mol. The number of anilines is 1. The molecular weight excluding hydrogens is 152 g/mol. The summed E-state index contributed by atoms with van der Waals surface area (Å²) in [6.45, 7) is 4.06. The van der Waals surface area contributed by atoms with Crippen LogP contribution in [0.15, 0.2) is 17.4 Å². The second-order valence-corrected chi connectivity index (χ2v) is 2.65. The lowest BCUT2D eigenvalue weighted by atomic mass is 10.3. The first-order valence-corrected chi connectivity index (χ1v) is 4.01. The van der Waals surface area contributed by atoms with Crippen LogP contribution in [-0.4, -0.2) is 15.5 Å². The first kappa shape index (κ1) is 8.77. The van der Waals surface area contributed by atoms with Crippen molar-refractivity contribution in [3.05, 3.63) is 12.3 Å². The molecule has 0 spiro atoms. The van der Waals surface area contributed by atoms with Gasteiger partial charge in [0.25, 0.3) is 0 Å². The lowest BCUT2D eigenvalue weighted by molar-refractivity contribution is 0.771. The van der Waals surface area contributed by atoms with E-state index in [1.54, 1.807) is 10.9 Å². The van der Waals surface area contributed by atoms with Crippen molar-refractivity contribution in [1.82, 2.24) is 9.78 Å². The van der Waals surface area contributed by atoms with Crippen LogP contribution in [0.4, 0.5) is 5.82 Å². The summed E-state index contributed by atoms with van der Waals surface area (Å²) in [7, 11) is 1.87. The maximum absolute atomic E-state index is 4.15. The van der Waals surface area contributed by atoms with E-state index in [-0.39, 0.29) is 0 Å². The van der Waals surface area contributed by atoms with Crippen LogP contribution >= 0.6 is 0 Å². The van der Waals surface area contributed by atoms with Gasteiger partial charge in [-0.15, -0.1) is 0 Å². The highest BCUT2D eigenvalue weighted by Crippen LogP contribution is 2.02. The minimum atomic E-state index is 0.905. The molecule has 0 aromatic carbocycles. The maximum Gasteiger partial charge on any atom is 0.144 e. The Bertz CT molecular complexity index is 274. The van der Waals surface area contributed by atoms with Gasteiger partial charge in [0.1, 0.15) is 5.82 Å². The van der Waals surface area contributed by atoms with Crippen molar-refractivity contribution in [2.75, 3.05) is 5.43 Å². The summed E-state index contributed by atoms with van der Waals surface area (Å²) in [5.41, 5.74) is 4.01. The van der Waals surface area contributed by atoms with Crippen LogP contribution < -0.4 is 5.43 Å². The van der Waals surface area contributed by atoms with Gasteiger partial charge in [-0.3, -0.25) is 10.1 Å². The molecule has 0 aliphatic heterocycles. The number of nitrogens with one attached hydrogen (secondary N) is 1. The summed E-state index contributed by atoms with van der Waals surface area (Å²) in [6, 6.07) is 1.88. The average molecular weight is 166 g/mol. The second kappa shape index (κ2) is 3.90. The van der Waals surface area contributed by atoms with Gasteiger partial charge in [-0.05, 0) is 13.3 Å². The summed E-state index contributed by atoms with van der Waals surface area (Å²) < 4.78 is 1.74. The first-order valence-electron chi connectivity index (χ1n) is 4.01. The molecule has 1 aromatic heterocycles. The second-order valence-electron chi connectivity index (χ2n) is 2.65. The van der Waals surface area contributed by atoms with Gasteiger partial charge >= 0.3 is 0 Å². The Balaban J connectivity index is 2.59. The van der Waals surface area contributed by atoms with Gasteiger partial charge in [0.15, 0.2) is 0 Å². The molecule has 0 saturated carbocycles. The quantitative estimate of drug-likeness (QED) is 0.547. The van der Waals surface area contributed by atoms with Crippen molar-refractivity contribution < 1.29 is 0 Å². The number of hydrogen-bond donors (Lipinski definition) is 1. The Hall–Kier alpha value is -1.32. The molecule has 0 bridgehead atoms.